The molecule has 1 aliphatic heterocycles. The van der Waals surface area contributed by atoms with Crippen LogP contribution in [0.5, 0.6) is 0 Å². The van der Waals surface area contributed by atoms with E-state index < -0.39 is 12.1 Å². The Kier molecular flexibility index (Phi) is 4.98. The molecule has 0 bridgehead atoms. The van der Waals surface area contributed by atoms with Gasteiger partial charge < -0.3 is 14.6 Å². The predicted molar refractivity (Wildman–Crippen MR) is 107 cm³/mol. The highest BCUT2D eigenvalue weighted by Crippen LogP contribution is 2.46. The summed E-state index contributed by atoms with van der Waals surface area (Å²) in [6.45, 7) is 7.08. The van der Waals surface area contributed by atoms with Gasteiger partial charge in [0.1, 0.15) is 5.69 Å². The molecule has 6 nitrogen and oxygen atoms in total. The van der Waals surface area contributed by atoms with E-state index in [1.807, 2.05) is 30.1 Å². The largest absolute Gasteiger partial charge is 0.450 e. The molecule has 0 spiro atoms. The number of likely N-dealkylation sites (N-methyl/N-ethyl adjacent to an activating group) is 1. The predicted octanol–water partition coefficient (Wildman–Crippen LogP) is 3.64. The molecule has 0 saturated carbocycles. The number of anilines is 1. The molecule has 1 N–H and O–H groups in total. The van der Waals surface area contributed by atoms with Crippen molar-refractivity contribution >= 4 is 23.2 Å². The number of hydrogen-bond acceptors (Lipinski definition) is 5. The van der Waals surface area contributed by atoms with Crippen molar-refractivity contribution in [3.05, 3.63) is 65.1 Å². The van der Waals surface area contributed by atoms with Crippen LogP contribution in [0.4, 0.5) is 5.69 Å². The molecule has 3 rings (SSSR count). The Morgan fingerprint density at radius 3 is 2.50 bits per heavy atom. The molecule has 1 aromatic heterocycles. The quantitative estimate of drug-likeness (QED) is 0.487. The molecule has 2 heterocycles. The smallest absolute Gasteiger partial charge is 0.355 e. The molecule has 0 fully saturated rings. The first-order chi connectivity index (χ1) is 13.1. The second-order valence-electron chi connectivity index (χ2n) is 7.54. The summed E-state index contributed by atoms with van der Waals surface area (Å²) in [5, 5.41) is 0. The zero-order valence-electron chi connectivity index (χ0n) is 16.7. The molecule has 1 atom stereocenters. The number of aromatic nitrogens is 1. The minimum atomic E-state index is -0.947. The van der Waals surface area contributed by atoms with Crippen molar-refractivity contribution in [1.29, 1.82) is 0 Å². The Morgan fingerprint density at radius 2 is 1.89 bits per heavy atom. The van der Waals surface area contributed by atoms with Gasteiger partial charge in [0, 0.05) is 41.7 Å². The zero-order chi connectivity index (χ0) is 20.6. The SMILES string of the molecule is CC(=O)c1c[nH]c(C(=O)OC(C)C(=O)/C=C2/N(C)c3ccccc3C2(C)C)c1. The number of ketones is 2. The standard InChI is InChI=1S/C22H24N2O4/c1-13(25)15-10-17(23-12-15)21(27)28-14(2)19(26)11-20-22(3,4)16-8-6-7-9-18(16)24(20)5/h6-12,14,23H,1-5H3/b20-11+. The third-order valence-corrected chi connectivity index (χ3v) is 5.21. The lowest BCUT2D eigenvalue weighted by molar-refractivity contribution is -0.122. The van der Waals surface area contributed by atoms with Gasteiger partial charge in [-0.2, -0.15) is 0 Å². The Labute approximate surface area is 164 Å². The lowest BCUT2D eigenvalue weighted by atomic mass is 9.83. The summed E-state index contributed by atoms with van der Waals surface area (Å²) in [4.78, 5) is 41.0. The first-order valence-corrected chi connectivity index (χ1v) is 9.12. The Bertz CT molecular complexity index is 984. The average molecular weight is 380 g/mol. The molecule has 0 aliphatic carbocycles. The molecule has 1 aliphatic rings. The molecule has 28 heavy (non-hydrogen) atoms. The van der Waals surface area contributed by atoms with Crippen molar-refractivity contribution in [3.63, 3.8) is 0 Å². The highest BCUT2D eigenvalue weighted by atomic mass is 16.5. The number of nitrogens with zero attached hydrogens (tertiary/aromatic N) is 1. The Morgan fingerprint density at radius 1 is 1.21 bits per heavy atom. The highest BCUT2D eigenvalue weighted by Gasteiger charge is 2.39. The van der Waals surface area contributed by atoms with E-state index in [0.29, 0.717) is 5.56 Å². The molecule has 1 aromatic carbocycles. The topological polar surface area (TPSA) is 79.5 Å². The number of carbonyl (C=O) groups is 3. The number of rotatable bonds is 5. The summed E-state index contributed by atoms with van der Waals surface area (Å²) in [6, 6.07) is 9.44. The van der Waals surface area contributed by atoms with E-state index in [1.54, 1.807) is 13.0 Å². The molecule has 0 amide bonds. The second kappa shape index (κ2) is 7.11. The van der Waals surface area contributed by atoms with Crippen LogP contribution < -0.4 is 4.90 Å². The van der Waals surface area contributed by atoms with Crippen LogP contribution in [0.15, 0.2) is 48.3 Å². The van der Waals surface area contributed by atoms with Crippen LogP contribution in [0, 0.1) is 0 Å². The maximum Gasteiger partial charge on any atom is 0.355 e. The molecule has 146 valence electrons. The van der Waals surface area contributed by atoms with Crippen molar-refractivity contribution in [3.8, 4) is 0 Å². The number of ether oxygens (including phenoxy) is 1. The molecule has 1 unspecified atom stereocenters. The van der Waals surface area contributed by atoms with Gasteiger partial charge in [0.15, 0.2) is 17.7 Å². The molecular formula is C22H24N2O4. The van der Waals surface area contributed by atoms with Crippen molar-refractivity contribution in [2.75, 3.05) is 11.9 Å². The van der Waals surface area contributed by atoms with E-state index in [-0.39, 0.29) is 22.7 Å². The minimum absolute atomic E-state index is 0.142. The van der Waals surface area contributed by atoms with Crippen LogP contribution in [0.25, 0.3) is 0 Å². The van der Waals surface area contributed by atoms with E-state index in [4.69, 9.17) is 4.74 Å². The van der Waals surface area contributed by atoms with Crippen LogP contribution in [0.3, 0.4) is 0 Å². The fourth-order valence-electron chi connectivity index (χ4n) is 3.51. The fourth-order valence-corrected chi connectivity index (χ4v) is 3.51. The first-order valence-electron chi connectivity index (χ1n) is 9.12. The van der Waals surface area contributed by atoms with E-state index in [0.717, 1.165) is 16.9 Å². The van der Waals surface area contributed by atoms with E-state index in [2.05, 4.69) is 24.9 Å². The van der Waals surface area contributed by atoms with Gasteiger partial charge in [0.05, 0.1) is 0 Å². The number of fused-ring (bicyclic) bond motifs is 1. The number of aromatic amines is 1. The van der Waals surface area contributed by atoms with Gasteiger partial charge in [0.2, 0.25) is 0 Å². The summed E-state index contributed by atoms with van der Waals surface area (Å²) in [5.74, 6) is -1.13. The van der Waals surface area contributed by atoms with Crippen LogP contribution in [-0.4, -0.2) is 35.7 Å². The second-order valence-corrected chi connectivity index (χ2v) is 7.54. The zero-order valence-corrected chi connectivity index (χ0v) is 16.7. The summed E-state index contributed by atoms with van der Waals surface area (Å²) in [6.07, 6.45) is 2.05. The van der Waals surface area contributed by atoms with Gasteiger partial charge in [-0.05, 0) is 31.5 Å². The van der Waals surface area contributed by atoms with Crippen LogP contribution >= 0.6 is 0 Å². The Hall–Kier alpha value is -3.15. The van der Waals surface area contributed by atoms with Gasteiger partial charge in [0.25, 0.3) is 0 Å². The third-order valence-electron chi connectivity index (χ3n) is 5.21. The van der Waals surface area contributed by atoms with Crippen molar-refractivity contribution < 1.29 is 19.1 Å². The average Bonchev–Trinajstić information content (AvgIpc) is 3.21. The van der Waals surface area contributed by atoms with E-state index in [9.17, 15) is 14.4 Å². The number of allylic oxidation sites excluding steroid dienone is 1. The van der Waals surface area contributed by atoms with E-state index >= 15 is 0 Å². The number of benzene rings is 1. The number of H-pyrrole nitrogens is 1. The van der Waals surface area contributed by atoms with Gasteiger partial charge in [-0.25, -0.2) is 4.79 Å². The first kappa shape index (κ1) is 19.6. The molecule has 2 aromatic rings. The van der Waals surface area contributed by atoms with Crippen LogP contribution in [0.2, 0.25) is 0 Å². The summed E-state index contributed by atoms with van der Waals surface area (Å²) in [5.41, 5.74) is 3.24. The Balaban J connectivity index is 1.76. The van der Waals surface area contributed by atoms with Crippen molar-refractivity contribution in [2.24, 2.45) is 0 Å². The molecular weight excluding hydrogens is 356 g/mol. The number of nitrogens with one attached hydrogen (secondary N) is 1. The number of para-hydroxylation sites is 1. The maximum absolute atomic E-state index is 12.7. The molecule has 6 heteroatoms. The van der Waals surface area contributed by atoms with Crippen LogP contribution in [-0.2, 0) is 14.9 Å². The van der Waals surface area contributed by atoms with Gasteiger partial charge >= 0.3 is 5.97 Å². The monoisotopic (exact) mass is 380 g/mol. The summed E-state index contributed by atoms with van der Waals surface area (Å²) >= 11 is 0. The normalized spacial score (nSPS) is 17.3. The lowest BCUT2D eigenvalue weighted by Crippen LogP contribution is -2.28. The summed E-state index contributed by atoms with van der Waals surface area (Å²) in [7, 11) is 1.92. The third kappa shape index (κ3) is 3.38. The number of Topliss-reactive ketones (excluding diaryl/α,β-unsaturated/α-hetero) is 1. The number of hydrogen-bond donors (Lipinski definition) is 1. The van der Waals surface area contributed by atoms with E-state index in [1.165, 1.54) is 19.2 Å². The minimum Gasteiger partial charge on any atom is -0.450 e. The number of esters is 1. The fraction of sp³-hybridized carbons (Fsp3) is 0.318. The summed E-state index contributed by atoms with van der Waals surface area (Å²) < 4.78 is 5.29. The molecule has 0 radical (unpaired) electrons. The lowest BCUT2D eigenvalue weighted by Gasteiger charge is -2.24. The van der Waals surface area contributed by atoms with Gasteiger partial charge in [-0.3, -0.25) is 9.59 Å². The molecule has 0 saturated heterocycles. The van der Waals surface area contributed by atoms with Crippen molar-refractivity contribution in [1.82, 2.24) is 4.98 Å². The van der Waals surface area contributed by atoms with Gasteiger partial charge in [-0.1, -0.05) is 32.0 Å². The highest BCUT2D eigenvalue weighted by molar-refractivity contribution is 6.00. The van der Waals surface area contributed by atoms with Gasteiger partial charge in [-0.15, -0.1) is 0 Å². The van der Waals surface area contributed by atoms with Crippen molar-refractivity contribution in [2.45, 2.75) is 39.2 Å². The van der Waals surface area contributed by atoms with Crippen LogP contribution in [0.1, 0.15) is 54.1 Å². The maximum atomic E-state index is 12.7. The number of carbonyl (C=O) groups excluding carboxylic acids is 3.